The summed E-state index contributed by atoms with van der Waals surface area (Å²) in [6.45, 7) is 2.12. The first-order chi connectivity index (χ1) is 9.28. The smallest absolute Gasteiger partial charge is 0.215 e. The highest BCUT2D eigenvalue weighted by Gasteiger charge is 2.28. The summed E-state index contributed by atoms with van der Waals surface area (Å²) < 4.78 is 1.90. The van der Waals surface area contributed by atoms with E-state index in [2.05, 4.69) is 38.8 Å². The standard InChI is InChI=1S/C12H16N6S/c1-8(13-2)9-5-6-14-11(7-9)19-12-15-16-17-18(12)10-3-4-10/h5-8,10,13H,3-4H2,1-2H3. The maximum atomic E-state index is 4.38. The molecular weight excluding hydrogens is 260 g/mol. The fraction of sp³-hybridized carbons (Fsp3) is 0.500. The maximum absolute atomic E-state index is 4.38. The summed E-state index contributed by atoms with van der Waals surface area (Å²) in [6.07, 6.45) is 4.17. The summed E-state index contributed by atoms with van der Waals surface area (Å²) in [5.74, 6) is 0. The third-order valence-electron chi connectivity index (χ3n) is 3.24. The fourth-order valence-corrected chi connectivity index (χ4v) is 2.66. The largest absolute Gasteiger partial charge is 0.313 e. The van der Waals surface area contributed by atoms with Gasteiger partial charge in [0.15, 0.2) is 0 Å². The van der Waals surface area contributed by atoms with Gasteiger partial charge in [-0.2, -0.15) is 0 Å². The predicted octanol–water partition coefficient (Wildman–Crippen LogP) is 1.83. The lowest BCUT2D eigenvalue weighted by atomic mass is 10.1. The van der Waals surface area contributed by atoms with E-state index in [9.17, 15) is 0 Å². The quantitative estimate of drug-likeness (QED) is 0.898. The van der Waals surface area contributed by atoms with E-state index in [1.165, 1.54) is 30.2 Å². The normalized spacial score (nSPS) is 16.5. The zero-order valence-corrected chi connectivity index (χ0v) is 11.8. The fourth-order valence-electron chi connectivity index (χ4n) is 1.81. The second-order valence-corrected chi connectivity index (χ2v) is 5.66. The molecule has 0 aromatic carbocycles. The van der Waals surface area contributed by atoms with Crippen molar-refractivity contribution in [2.75, 3.05) is 7.05 Å². The van der Waals surface area contributed by atoms with Crippen molar-refractivity contribution in [2.24, 2.45) is 0 Å². The molecular formula is C12H16N6S. The monoisotopic (exact) mass is 276 g/mol. The van der Waals surface area contributed by atoms with Crippen LogP contribution < -0.4 is 5.32 Å². The van der Waals surface area contributed by atoms with Crippen molar-refractivity contribution in [3.8, 4) is 0 Å². The van der Waals surface area contributed by atoms with Gasteiger partial charge in [0.05, 0.1) is 6.04 Å². The lowest BCUT2D eigenvalue weighted by Gasteiger charge is -2.11. The Morgan fingerprint density at radius 1 is 1.47 bits per heavy atom. The Labute approximate surface area is 116 Å². The number of aromatic nitrogens is 5. The van der Waals surface area contributed by atoms with Crippen molar-refractivity contribution in [3.63, 3.8) is 0 Å². The van der Waals surface area contributed by atoms with Gasteiger partial charge in [-0.3, -0.25) is 0 Å². The summed E-state index contributed by atoms with van der Waals surface area (Å²) in [5.41, 5.74) is 1.21. The second kappa shape index (κ2) is 5.26. The lowest BCUT2D eigenvalue weighted by Crippen LogP contribution is -2.12. The highest BCUT2D eigenvalue weighted by Crippen LogP contribution is 2.37. The summed E-state index contributed by atoms with van der Waals surface area (Å²) in [4.78, 5) is 4.38. The van der Waals surface area contributed by atoms with Crippen molar-refractivity contribution >= 4 is 11.8 Å². The molecule has 2 heterocycles. The molecule has 0 bridgehead atoms. The van der Waals surface area contributed by atoms with Crippen molar-refractivity contribution in [3.05, 3.63) is 23.9 Å². The van der Waals surface area contributed by atoms with Crippen LogP contribution in [0.25, 0.3) is 0 Å². The molecule has 0 spiro atoms. The summed E-state index contributed by atoms with van der Waals surface area (Å²) in [6, 6.07) is 4.89. The number of rotatable bonds is 5. The Kier molecular flexibility index (Phi) is 3.48. The van der Waals surface area contributed by atoms with E-state index in [1.807, 2.05) is 24.0 Å². The van der Waals surface area contributed by atoms with Crippen LogP contribution in [0.1, 0.15) is 37.4 Å². The van der Waals surface area contributed by atoms with E-state index in [0.29, 0.717) is 12.1 Å². The van der Waals surface area contributed by atoms with Gasteiger partial charge in [0.25, 0.3) is 0 Å². The Balaban J connectivity index is 1.80. The highest BCUT2D eigenvalue weighted by atomic mass is 32.2. The third kappa shape index (κ3) is 2.76. The van der Waals surface area contributed by atoms with Crippen LogP contribution in [0.2, 0.25) is 0 Å². The average molecular weight is 276 g/mol. The molecule has 0 saturated heterocycles. The topological polar surface area (TPSA) is 68.5 Å². The van der Waals surface area contributed by atoms with Gasteiger partial charge in [0, 0.05) is 12.2 Å². The minimum Gasteiger partial charge on any atom is -0.313 e. The molecule has 0 amide bonds. The van der Waals surface area contributed by atoms with Crippen molar-refractivity contribution in [1.82, 2.24) is 30.5 Å². The number of tetrazole rings is 1. The maximum Gasteiger partial charge on any atom is 0.215 e. The van der Waals surface area contributed by atoms with E-state index in [1.54, 1.807) is 0 Å². The first kappa shape index (κ1) is 12.6. The first-order valence-electron chi connectivity index (χ1n) is 6.37. The number of hydrogen-bond acceptors (Lipinski definition) is 6. The average Bonchev–Trinajstić information content (AvgIpc) is 3.19. The number of nitrogens with zero attached hydrogens (tertiary/aromatic N) is 5. The molecule has 1 fully saturated rings. The van der Waals surface area contributed by atoms with Crippen LogP contribution in [0, 0.1) is 0 Å². The Bertz CT molecular complexity index is 565. The van der Waals surface area contributed by atoms with Crippen LogP contribution in [-0.4, -0.2) is 32.2 Å². The molecule has 2 aromatic rings. The van der Waals surface area contributed by atoms with E-state index in [0.717, 1.165) is 10.2 Å². The predicted molar refractivity (Wildman–Crippen MR) is 71.9 cm³/mol. The Hall–Kier alpha value is -1.47. The van der Waals surface area contributed by atoms with Gasteiger partial charge in [0.2, 0.25) is 5.16 Å². The van der Waals surface area contributed by atoms with Gasteiger partial charge in [0.1, 0.15) is 5.03 Å². The van der Waals surface area contributed by atoms with Crippen LogP contribution in [0.5, 0.6) is 0 Å². The van der Waals surface area contributed by atoms with Crippen LogP contribution in [0.3, 0.4) is 0 Å². The summed E-state index contributed by atoms with van der Waals surface area (Å²) in [7, 11) is 1.95. The molecule has 6 nitrogen and oxygen atoms in total. The molecule has 0 aliphatic heterocycles. The molecule has 1 atom stereocenters. The SMILES string of the molecule is CNC(C)c1ccnc(Sc2nnnn2C2CC2)c1. The van der Waals surface area contributed by atoms with Crippen LogP contribution in [0.4, 0.5) is 0 Å². The summed E-state index contributed by atoms with van der Waals surface area (Å²) in [5, 5.41) is 16.8. The van der Waals surface area contributed by atoms with Gasteiger partial charge in [-0.1, -0.05) is 0 Å². The molecule has 7 heteroatoms. The van der Waals surface area contributed by atoms with Gasteiger partial charge in [-0.15, -0.1) is 5.10 Å². The lowest BCUT2D eigenvalue weighted by molar-refractivity contribution is 0.565. The third-order valence-corrected chi connectivity index (χ3v) is 4.13. The minimum atomic E-state index is 0.307. The molecule has 1 N–H and O–H groups in total. The zero-order chi connectivity index (χ0) is 13.2. The number of hydrogen-bond donors (Lipinski definition) is 1. The molecule has 2 aromatic heterocycles. The van der Waals surface area contributed by atoms with E-state index >= 15 is 0 Å². The van der Waals surface area contributed by atoms with Crippen molar-refractivity contribution in [2.45, 2.75) is 42.0 Å². The highest BCUT2D eigenvalue weighted by molar-refractivity contribution is 7.99. The molecule has 0 radical (unpaired) electrons. The zero-order valence-electron chi connectivity index (χ0n) is 10.9. The van der Waals surface area contributed by atoms with Gasteiger partial charge < -0.3 is 5.32 Å². The molecule has 3 rings (SSSR count). The minimum absolute atomic E-state index is 0.307. The molecule has 1 aliphatic carbocycles. The Morgan fingerprint density at radius 3 is 3.05 bits per heavy atom. The first-order valence-corrected chi connectivity index (χ1v) is 7.18. The second-order valence-electron chi connectivity index (χ2n) is 4.68. The van der Waals surface area contributed by atoms with Gasteiger partial charge in [-0.25, -0.2) is 9.67 Å². The van der Waals surface area contributed by atoms with Crippen molar-refractivity contribution < 1.29 is 0 Å². The van der Waals surface area contributed by atoms with Crippen LogP contribution >= 0.6 is 11.8 Å². The summed E-state index contributed by atoms with van der Waals surface area (Å²) >= 11 is 1.52. The van der Waals surface area contributed by atoms with E-state index < -0.39 is 0 Å². The number of nitrogens with one attached hydrogen (secondary N) is 1. The van der Waals surface area contributed by atoms with Crippen LogP contribution in [-0.2, 0) is 0 Å². The number of pyridine rings is 1. The molecule has 1 aliphatic rings. The molecule has 1 saturated carbocycles. The molecule has 1 unspecified atom stereocenters. The van der Waals surface area contributed by atoms with Gasteiger partial charge >= 0.3 is 0 Å². The van der Waals surface area contributed by atoms with Crippen molar-refractivity contribution in [1.29, 1.82) is 0 Å². The van der Waals surface area contributed by atoms with Gasteiger partial charge in [-0.05, 0) is 66.7 Å². The molecule has 100 valence electrons. The van der Waals surface area contributed by atoms with E-state index in [-0.39, 0.29) is 0 Å². The Morgan fingerprint density at radius 2 is 2.32 bits per heavy atom. The molecule has 19 heavy (non-hydrogen) atoms. The van der Waals surface area contributed by atoms with E-state index in [4.69, 9.17) is 0 Å². The van der Waals surface area contributed by atoms with Crippen LogP contribution in [0.15, 0.2) is 28.5 Å².